The molecule has 2 aromatic rings. The number of urea groups is 1. The zero-order valence-electron chi connectivity index (χ0n) is 28.0. The Morgan fingerprint density at radius 1 is 1.09 bits per heavy atom. The van der Waals surface area contributed by atoms with Crippen LogP contribution < -0.4 is 16.4 Å². The molecule has 0 radical (unpaired) electrons. The fourth-order valence-electron chi connectivity index (χ4n) is 7.84. The summed E-state index contributed by atoms with van der Waals surface area (Å²) in [5.74, 6) is 0.420. The molecule has 1 saturated carbocycles. The third-order valence-corrected chi connectivity index (χ3v) is 11.3. The van der Waals surface area contributed by atoms with Crippen molar-refractivity contribution in [3.05, 3.63) is 47.7 Å². The van der Waals surface area contributed by atoms with Crippen LogP contribution in [-0.4, -0.2) is 70.2 Å². The Balaban J connectivity index is 1.62. The van der Waals surface area contributed by atoms with Crippen molar-refractivity contribution in [1.82, 2.24) is 19.2 Å². The topological polar surface area (TPSA) is 156 Å². The van der Waals surface area contributed by atoms with Crippen molar-refractivity contribution in [3.63, 3.8) is 0 Å². The fourth-order valence-corrected chi connectivity index (χ4v) is 9.42. The second-order valence-corrected chi connectivity index (χ2v) is 16.6. The average Bonchev–Trinajstić information content (AvgIpc) is 3.27. The molecule has 2 aliphatic heterocycles. The standard InChI is InChI=1S/C34H49N7O4S/c1-22-20-34(5,6)40(21-22)31-28(30(36)42)24(17-18-37-31)25-14-11-19-39(29(25)33(2,3)4)32(43)41(23-12-8-7-9-13-23)46(44,45)27-16-10-15-26(35)38-27/h10,14-18,22-23,29H,7-9,11-13,19-21H2,1-6H3,(H2,35,38)(H2,36,42)/t22-,29?/m0/s1. The molecular formula is C34H49N7O4S. The third kappa shape index (κ3) is 6.32. The molecule has 3 aliphatic rings. The Hall–Kier alpha value is -3.67. The molecule has 5 rings (SSSR count). The molecule has 11 nitrogen and oxygen atoms in total. The van der Waals surface area contributed by atoms with Gasteiger partial charge in [-0.2, -0.15) is 8.42 Å². The average molecular weight is 652 g/mol. The van der Waals surface area contributed by atoms with Crippen molar-refractivity contribution in [3.8, 4) is 0 Å². The van der Waals surface area contributed by atoms with E-state index in [1.165, 1.54) is 18.2 Å². The van der Waals surface area contributed by atoms with E-state index in [4.69, 9.17) is 11.5 Å². The van der Waals surface area contributed by atoms with E-state index in [-0.39, 0.29) is 16.4 Å². The van der Waals surface area contributed by atoms with Gasteiger partial charge in [0.2, 0.25) is 0 Å². The van der Waals surface area contributed by atoms with E-state index in [2.05, 4.69) is 41.7 Å². The molecule has 4 heterocycles. The maximum atomic E-state index is 14.8. The van der Waals surface area contributed by atoms with Crippen molar-refractivity contribution in [2.24, 2.45) is 17.1 Å². The molecule has 3 amide bonds. The van der Waals surface area contributed by atoms with Gasteiger partial charge in [0.25, 0.3) is 15.9 Å². The van der Waals surface area contributed by atoms with Gasteiger partial charge in [0.15, 0.2) is 5.03 Å². The zero-order valence-corrected chi connectivity index (χ0v) is 28.8. The van der Waals surface area contributed by atoms with Gasteiger partial charge in [-0.1, -0.05) is 59.1 Å². The van der Waals surface area contributed by atoms with Gasteiger partial charge < -0.3 is 21.3 Å². The first-order valence-corrected chi connectivity index (χ1v) is 17.8. The Morgan fingerprint density at radius 3 is 2.37 bits per heavy atom. The van der Waals surface area contributed by atoms with Gasteiger partial charge in [0, 0.05) is 24.8 Å². The second kappa shape index (κ2) is 12.5. The minimum atomic E-state index is -4.34. The number of rotatable bonds is 6. The number of amides is 3. The number of carbonyl (C=O) groups excluding carboxylic acids is 2. The smallest absolute Gasteiger partial charge is 0.334 e. The van der Waals surface area contributed by atoms with Crippen LogP contribution in [0.5, 0.6) is 0 Å². The number of pyridine rings is 2. The highest BCUT2D eigenvalue weighted by Crippen LogP contribution is 2.44. The van der Waals surface area contributed by atoms with E-state index in [1.54, 1.807) is 17.2 Å². The van der Waals surface area contributed by atoms with E-state index in [0.717, 1.165) is 42.1 Å². The fraction of sp³-hybridized carbons (Fsp3) is 0.588. The van der Waals surface area contributed by atoms with E-state index in [0.29, 0.717) is 48.7 Å². The lowest BCUT2D eigenvalue weighted by Gasteiger charge is -2.47. The van der Waals surface area contributed by atoms with E-state index < -0.39 is 39.5 Å². The molecule has 1 unspecified atom stereocenters. The summed E-state index contributed by atoms with van der Waals surface area (Å²) in [6, 6.07) is 4.57. The van der Waals surface area contributed by atoms with Crippen LogP contribution in [0.15, 0.2) is 41.6 Å². The Bertz CT molecular complexity index is 1630. The number of anilines is 2. The predicted molar refractivity (Wildman–Crippen MR) is 180 cm³/mol. The molecule has 46 heavy (non-hydrogen) atoms. The Morgan fingerprint density at radius 2 is 1.78 bits per heavy atom. The number of primary amides is 1. The normalized spacial score (nSPS) is 22.4. The van der Waals surface area contributed by atoms with Crippen molar-refractivity contribution >= 4 is 39.2 Å². The molecule has 2 fully saturated rings. The number of nitrogens with two attached hydrogens (primary N) is 2. The number of carbonyl (C=O) groups is 2. The molecule has 2 aromatic heterocycles. The lowest BCUT2D eigenvalue weighted by Crippen LogP contribution is -2.58. The SMILES string of the molecule is C[C@@H]1CN(c2nccc(C3=CCCN(C(=O)N(C4CCCCC4)S(=O)(=O)c4cccc(N)n4)C3C(C)(C)C)c2C(N)=O)C(C)(C)C1. The summed E-state index contributed by atoms with van der Waals surface area (Å²) in [7, 11) is -4.34. The summed E-state index contributed by atoms with van der Waals surface area (Å²) >= 11 is 0. The highest BCUT2D eigenvalue weighted by molar-refractivity contribution is 7.89. The van der Waals surface area contributed by atoms with Crippen LogP contribution in [0.1, 0.15) is 102 Å². The first kappa shape index (κ1) is 33.7. The highest BCUT2D eigenvalue weighted by Gasteiger charge is 2.47. The molecule has 12 heteroatoms. The van der Waals surface area contributed by atoms with Gasteiger partial charge in [-0.05, 0) is 80.2 Å². The summed E-state index contributed by atoms with van der Waals surface area (Å²) in [4.78, 5) is 40.7. The lowest BCUT2D eigenvalue weighted by molar-refractivity contribution is 0.0999. The van der Waals surface area contributed by atoms with Crippen LogP contribution in [0, 0.1) is 11.3 Å². The van der Waals surface area contributed by atoms with Gasteiger partial charge in [0.05, 0.1) is 17.6 Å². The zero-order chi connectivity index (χ0) is 33.6. The predicted octanol–water partition coefficient (Wildman–Crippen LogP) is 5.43. The third-order valence-electron chi connectivity index (χ3n) is 9.59. The summed E-state index contributed by atoms with van der Waals surface area (Å²) in [6.45, 7) is 13.6. The number of sulfonamides is 1. The number of aromatic nitrogens is 2. The highest BCUT2D eigenvalue weighted by atomic mass is 32.2. The number of nitrogen functional groups attached to an aromatic ring is 1. The van der Waals surface area contributed by atoms with E-state index in [9.17, 15) is 18.0 Å². The van der Waals surface area contributed by atoms with Crippen LogP contribution in [-0.2, 0) is 10.0 Å². The number of hydrogen-bond acceptors (Lipinski definition) is 8. The largest absolute Gasteiger partial charge is 0.384 e. The maximum Gasteiger partial charge on any atom is 0.334 e. The van der Waals surface area contributed by atoms with Crippen molar-refractivity contribution in [2.45, 2.75) is 109 Å². The van der Waals surface area contributed by atoms with Crippen LogP contribution in [0.4, 0.5) is 16.4 Å². The first-order chi connectivity index (χ1) is 21.5. The lowest BCUT2D eigenvalue weighted by atomic mass is 9.76. The monoisotopic (exact) mass is 651 g/mol. The molecule has 4 N–H and O–H groups in total. The quantitative estimate of drug-likeness (QED) is 0.419. The second-order valence-electron chi connectivity index (χ2n) is 14.8. The van der Waals surface area contributed by atoms with Crippen LogP contribution in [0.2, 0.25) is 0 Å². The van der Waals surface area contributed by atoms with Crippen molar-refractivity contribution in [1.29, 1.82) is 0 Å². The summed E-state index contributed by atoms with van der Waals surface area (Å²) in [6.07, 6.45) is 8.98. The Labute approximate surface area is 273 Å². The molecule has 0 spiro atoms. The summed E-state index contributed by atoms with van der Waals surface area (Å²) < 4.78 is 29.6. The van der Waals surface area contributed by atoms with Gasteiger partial charge in [-0.25, -0.2) is 19.1 Å². The molecule has 2 atom stereocenters. The minimum absolute atomic E-state index is 0.0657. The summed E-state index contributed by atoms with van der Waals surface area (Å²) in [5.41, 5.74) is 12.9. The Kier molecular flexibility index (Phi) is 9.15. The molecular weight excluding hydrogens is 602 g/mol. The van der Waals surface area contributed by atoms with E-state index >= 15 is 0 Å². The van der Waals surface area contributed by atoms with Crippen LogP contribution in [0.25, 0.3) is 5.57 Å². The molecule has 0 aromatic carbocycles. The molecule has 1 saturated heterocycles. The van der Waals surface area contributed by atoms with Crippen LogP contribution in [0.3, 0.4) is 0 Å². The first-order valence-electron chi connectivity index (χ1n) is 16.4. The molecule has 0 bridgehead atoms. The molecule has 1 aliphatic carbocycles. The minimum Gasteiger partial charge on any atom is -0.384 e. The number of hydrogen-bond donors (Lipinski definition) is 2. The van der Waals surface area contributed by atoms with Gasteiger partial charge in [0.1, 0.15) is 11.6 Å². The van der Waals surface area contributed by atoms with Crippen LogP contribution >= 0.6 is 0 Å². The van der Waals surface area contributed by atoms with Gasteiger partial charge in [-0.15, -0.1) is 0 Å². The molecule has 250 valence electrons. The van der Waals surface area contributed by atoms with E-state index in [1.807, 2.05) is 20.8 Å². The maximum absolute atomic E-state index is 14.8. The number of nitrogens with zero attached hydrogens (tertiary/aromatic N) is 5. The van der Waals surface area contributed by atoms with Crippen molar-refractivity contribution < 1.29 is 18.0 Å². The summed E-state index contributed by atoms with van der Waals surface area (Å²) in [5, 5.41) is -0.247. The van der Waals surface area contributed by atoms with Gasteiger partial charge >= 0.3 is 6.03 Å². The van der Waals surface area contributed by atoms with Crippen molar-refractivity contribution in [2.75, 3.05) is 23.7 Å². The van der Waals surface area contributed by atoms with Gasteiger partial charge in [-0.3, -0.25) is 4.79 Å².